The third kappa shape index (κ3) is 1.84. The van der Waals surface area contributed by atoms with Crippen LogP contribution >= 0.6 is 0 Å². The Morgan fingerprint density at radius 3 is 2.94 bits per heavy atom. The molecular formula is C13H22N4. The van der Waals surface area contributed by atoms with Gasteiger partial charge in [0.2, 0.25) is 0 Å². The van der Waals surface area contributed by atoms with E-state index in [9.17, 15) is 0 Å². The first-order valence-electron chi connectivity index (χ1n) is 6.87. The molecule has 1 atom stereocenters. The minimum Gasteiger partial charge on any atom is -0.382 e. The molecule has 0 radical (unpaired) electrons. The fourth-order valence-corrected chi connectivity index (χ4v) is 3.26. The quantitative estimate of drug-likeness (QED) is 0.845. The van der Waals surface area contributed by atoms with E-state index in [1.54, 1.807) is 0 Å². The third-order valence-electron chi connectivity index (χ3n) is 4.28. The zero-order valence-electron chi connectivity index (χ0n) is 10.7. The molecule has 1 fully saturated rings. The molecule has 0 aromatic carbocycles. The summed E-state index contributed by atoms with van der Waals surface area (Å²) in [4.78, 5) is 2.50. The van der Waals surface area contributed by atoms with Crippen molar-refractivity contribution >= 4 is 5.82 Å². The number of hydrogen-bond donors (Lipinski definition) is 1. The van der Waals surface area contributed by atoms with Gasteiger partial charge in [-0.15, -0.1) is 0 Å². The molecule has 1 unspecified atom stereocenters. The molecule has 2 heterocycles. The first-order valence-corrected chi connectivity index (χ1v) is 6.87. The van der Waals surface area contributed by atoms with Gasteiger partial charge in [0.25, 0.3) is 0 Å². The summed E-state index contributed by atoms with van der Waals surface area (Å²) in [5.41, 5.74) is 8.82. The number of nitrogens with two attached hydrogens (primary N) is 1. The molecule has 2 N–H and O–H groups in total. The van der Waals surface area contributed by atoms with E-state index < -0.39 is 0 Å². The molecule has 0 bridgehead atoms. The van der Waals surface area contributed by atoms with E-state index in [4.69, 9.17) is 5.73 Å². The molecule has 1 aliphatic heterocycles. The smallest absolute Gasteiger partial charge is 0.148 e. The van der Waals surface area contributed by atoms with Gasteiger partial charge in [0.15, 0.2) is 0 Å². The van der Waals surface area contributed by atoms with Crippen LogP contribution in [0.5, 0.6) is 0 Å². The van der Waals surface area contributed by atoms with E-state index in [-0.39, 0.29) is 0 Å². The number of nitrogen functional groups attached to an aromatic ring is 1. The van der Waals surface area contributed by atoms with Crippen molar-refractivity contribution in [1.82, 2.24) is 14.7 Å². The number of aromatic nitrogens is 2. The summed E-state index contributed by atoms with van der Waals surface area (Å²) in [5, 5.41) is 4.61. The normalized spacial score (nSPS) is 25.1. The molecule has 0 spiro atoms. The molecule has 0 amide bonds. The largest absolute Gasteiger partial charge is 0.382 e. The number of likely N-dealkylation sites (N-methyl/N-ethyl adjacent to an activating group) is 1. The van der Waals surface area contributed by atoms with E-state index in [2.05, 4.69) is 21.6 Å². The standard InChI is InChI=1S/C13H22N4/c1-2-16-8-7-10(9-16)17-12-6-4-3-5-11(12)13(14)15-17/h10H,2-9H2,1H3,(H2,14,15). The molecule has 1 aliphatic carbocycles. The number of hydrogen-bond acceptors (Lipinski definition) is 3. The van der Waals surface area contributed by atoms with Gasteiger partial charge in [-0.3, -0.25) is 4.68 Å². The van der Waals surface area contributed by atoms with Gasteiger partial charge < -0.3 is 10.6 Å². The fourth-order valence-electron chi connectivity index (χ4n) is 3.26. The summed E-state index contributed by atoms with van der Waals surface area (Å²) in [6.07, 6.45) is 6.09. The van der Waals surface area contributed by atoms with Gasteiger partial charge in [-0.25, -0.2) is 0 Å². The summed E-state index contributed by atoms with van der Waals surface area (Å²) >= 11 is 0. The molecule has 2 aliphatic rings. The van der Waals surface area contributed by atoms with Gasteiger partial charge in [0.05, 0.1) is 6.04 Å². The van der Waals surface area contributed by atoms with Gasteiger partial charge in [0.1, 0.15) is 5.82 Å². The summed E-state index contributed by atoms with van der Waals surface area (Å²) in [6.45, 7) is 5.73. The SMILES string of the molecule is CCN1CCC(n2nc(N)c3c2CCCC3)C1. The second kappa shape index (κ2) is 4.33. The van der Waals surface area contributed by atoms with Crippen LogP contribution < -0.4 is 5.73 Å². The highest BCUT2D eigenvalue weighted by molar-refractivity contribution is 5.44. The van der Waals surface area contributed by atoms with Crippen LogP contribution in [0.4, 0.5) is 5.82 Å². The number of nitrogens with zero attached hydrogens (tertiary/aromatic N) is 3. The average molecular weight is 234 g/mol. The van der Waals surface area contributed by atoms with Crippen LogP contribution in [0, 0.1) is 0 Å². The molecule has 4 heteroatoms. The van der Waals surface area contributed by atoms with Gasteiger partial charge >= 0.3 is 0 Å². The van der Waals surface area contributed by atoms with Crippen LogP contribution in [-0.2, 0) is 12.8 Å². The van der Waals surface area contributed by atoms with Gasteiger partial charge in [0, 0.05) is 24.3 Å². The number of anilines is 1. The van der Waals surface area contributed by atoms with E-state index in [1.807, 2.05) is 0 Å². The molecule has 1 aromatic rings. The lowest BCUT2D eigenvalue weighted by Crippen LogP contribution is -2.22. The highest BCUT2D eigenvalue weighted by atomic mass is 15.4. The predicted molar refractivity (Wildman–Crippen MR) is 69.0 cm³/mol. The Morgan fingerprint density at radius 1 is 1.35 bits per heavy atom. The third-order valence-corrected chi connectivity index (χ3v) is 4.28. The van der Waals surface area contributed by atoms with Crippen molar-refractivity contribution in [3.05, 3.63) is 11.3 Å². The first-order chi connectivity index (χ1) is 8.29. The molecule has 17 heavy (non-hydrogen) atoms. The van der Waals surface area contributed by atoms with Crippen molar-refractivity contribution in [3.8, 4) is 0 Å². The minimum absolute atomic E-state index is 0.555. The maximum absolute atomic E-state index is 6.05. The van der Waals surface area contributed by atoms with E-state index in [1.165, 1.54) is 43.5 Å². The highest BCUT2D eigenvalue weighted by Crippen LogP contribution is 2.31. The van der Waals surface area contributed by atoms with Crippen LogP contribution in [0.3, 0.4) is 0 Å². The number of rotatable bonds is 2. The van der Waals surface area contributed by atoms with Crippen LogP contribution in [0.1, 0.15) is 43.5 Å². The molecular weight excluding hydrogens is 212 g/mol. The van der Waals surface area contributed by atoms with Gasteiger partial charge in [-0.1, -0.05) is 6.92 Å². The van der Waals surface area contributed by atoms with Crippen molar-refractivity contribution in [1.29, 1.82) is 0 Å². The van der Waals surface area contributed by atoms with Crippen molar-refractivity contribution in [2.24, 2.45) is 0 Å². The lowest BCUT2D eigenvalue weighted by Gasteiger charge is -2.18. The lowest BCUT2D eigenvalue weighted by molar-refractivity contribution is 0.333. The van der Waals surface area contributed by atoms with E-state index >= 15 is 0 Å². The van der Waals surface area contributed by atoms with Crippen LogP contribution in [0.2, 0.25) is 0 Å². The Hall–Kier alpha value is -1.03. The zero-order chi connectivity index (χ0) is 11.8. The average Bonchev–Trinajstić information content (AvgIpc) is 2.95. The predicted octanol–water partition coefficient (Wildman–Crippen LogP) is 1.61. The minimum atomic E-state index is 0.555. The first kappa shape index (κ1) is 11.1. The van der Waals surface area contributed by atoms with E-state index in [0.717, 1.165) is 25.3 Å². The Balaban J connectivity index is 1.88. The second-order valence-electron chi connectivity index (χ2n) is 5.30. The summed E-state index contributed by atoms with van der Waals surface area (Å²) < 4.78 is 2.25. The molecule has 3 rings (SSSR count). The van der Waals surface area contributed by atoms with Crippen molar-refractivity contribution in [3.63, 3.8) is 0 Å². The van der Waals surface area contributed by atoms with Crippen molar-refractivity contribution in [2.45, 2.75) is 45.1 Å². The van der Waals surface area contributed by atoms with Gasteiger partial charge in [-0.05, 0) is 38.6 Å². The van der Waals surface area contributed by atoms with Crippen LogP contribution in [-0.4, -0.2) is 34.3 Å². The molecule has 0 saturated carbocycles. The van der Waals surface area contributed by atoms with Crippen LogP contribution in [0.25, 0.3) is 0 Å². The monoisotopic (exact) mass is 234 g/mol. The van der Waals surface area contributed by atoms with E-state index in [0.29, 0.717) is 6.04 Å². The lowest BCUT2D eigenvalue weighted by atomic mass is 9.97. The Labute approximate surface area is 103 Å². The molecule has 94 valence electrons. The van der Waals surface area contributed by atoms with Gasteiger partial charge in [-0.2, -0.15) is 5.10 Å². The maximum Gasteiger partial charge on any atom is 0.148 e. The summed E-state index contributed by atoms with van der Waals surface area (Å²) in [6, 6.07) is 0.555. The van der Waals surface area contributed by atoms with Crippen molar-refractivity contribution < 1.29 is 0 Å². The fraction of sp³-hybridized carbons (Fsp3) is 0.769. The summed E-state index contributed by atoms with van der Waals surface area (Å²) in [7, 11) is 0. The Morgan fingerprint density at radius 2 is 2.18 bits per heavy atom. The van der Waals surface area contributed by atoms with Crippen molar-refractivity contribution in [2.75, 3.05) is 25.4 Å². The maximum atomic E-state index is 6.05. The molecule has 1 saturated heterocycles. The van der Waals surface area contributed by atoms with Crippen LogP contribution in [0.15, 0.2) is 0 Å². The second-order valence-corrected chi connectivity index (χ2v) is 5.30. The Kier molecular flexibility index (Phi) is 2.82. The highest BCUT2D eigenvalue weighted by Gasteiger charge is 2.28. The zero-order valence-corrected chi connectivity index (χ0v) is 10.7. The Bertz CT molecular complexity index is 410. The molecule has 1 aromatic heterocycles. The number of likely N-dealkylation sites (tertiary alicyclic amines) is 1. The molecule has 4 nitrogen and oxygen atoms in total. The topological polar surface area (TPSA) is 47.1 Å². The summed E-state index contributed by atoms with van der Waals surface area (Å²) in [5.74, 6) is 0.787. The number of fused-ring (bicyclic) bond motifs is 1.